The van der Waals surface area contributed by atoms with Crippen molar-refractivity contribution in [3.8, 4) is 0 Å². The third-order valence-corrected chi connectivity index (χ3v) is 3.25. The summed E-state index contributed by atoms with van der Waals surface area (Å²) >= 11 is 2.84. The molecule has 0 saturated carbocycles. The molecule has 0 heterocycles. The van der Waals surface area contributed by atoms with Gasteiger partial charge in [-0.05, 0) is 22.9 Å². The molecule has 0 fully saturated rings. The van der Waals surface area contributed by atoms with Crippen LogP contribution in [0.5, 0.6) is 0 Å². The number of sulfone groups is 1. The summed E-state index contributed by atoms with van der Waals surface area (Å²) in [5, 5.41) is 1.02. The van der Waals surface area contributed by atoms with Crippen LogP contribution in [0.25, 0.3) is 0 Å². The number of hydrogen-bond donors (Lipinski definition) is 0. The van der Waals surface area contributed by atoms with Gasteiger partial charge in [0.1, 0.15) is 6.10 Å². The van der Waals surface area contributed by atoms with E-state index in [1.807, 2.05) is 0 Å². The second-order valence-electron chi connectivity index (χ2n) is 3.01. The highest BCUT2D eigenvalue weighted by Gasteiger charge is 2.17. The van der Waals surface area contributed by atoms with E-state index in [0.29, 0.717) is 0 Å². The van der Waals surface area contributed by atoms with Gasteiger partial charge in [0.25, 0.3) is 0 Å². The number of allylic oxidation sites excluding steroid dienone is 2. The Morgan fingerprint density at radius 3 is 2.56 bits per heavy atom. The standard InChI is InChI=1S/C10H13BrO4S/c1-4-5-6-16(13,14)7-8(2)15-10(12)9(3)11/h4-6,8H,1,3,7H2,2H3/b6-5+. The fourth-order valence-corrected chi connectivity index (χ4v) is 2.12. The van der Waals surface area contributed by atoms with E-state index < -0.39 is 21.9 Å². The topological polar surface area (TPSA) is 60.4 Å². The van der Waals surface area contributed by atoms with Crippen LogP contribution in [0.1, 0.15) is 6.92 Å². The first-order valence-corrected chi connectivity index (χ1v) is 6.86. The van der Waals surface area contributed by atoms with Gasteiger partial charge in [-0.15, -0.1) is 0 Å². The Kier molecular flexibility index (Phi) is 6.28. The van der Waals surface area contributed by atoms with Crippen molar-refractivity contribution in [1.82, 2.24) is 0 Å². The van der Waals surface area contributed by atoms with Crippen molar-refractivity contribution in [3.63, 3.8) is 0 Å². The van der Waals surface area contributed by atoms with E-state index in [0.717, 1.165) is 5.41 Å². The average Bonchev–Trinajstić information content (AvgIpc) is 2.13. The zero-order chi connectivity index (χ0) is 12.8. The third-order valence-electron chi connectivity index (χ3n) is 1.42. The van der Waals surface area contributed by atoms with Crippen molar-refractivity contribution in [2.75, 3.05) is 5.75 Å². The maximum atomic E-state index is 11.4. The monoisotopic (exact) mass is 308 g/mol. The molecule has 1 unspecified atom stereocenters. The highest BCUT2D eigenvalue weighted by Crippen LogP contribution is 2.07. The highest BCUT2D eigenvalue weighted by atomic mass is 79.9. The largest absolute Gasteiger partial charge is 0.458 e. The maximum Gasteiger partial charge on any atom is 0.344 e. The lowest BCUT2D eigenvalue weighted by molar-refractivity contribution is -0.141. The van der Waals surface area contributed by atoms with E-state index in [4.69, 9.17) is 4.74 Å². The third kappa shape index (κ3) is 6.58. The van der Waals surface area contributed by atoms with E-state index in [9.17, 15) is 13.2 Å². The molecule has 0 amide bonds. The van der Waals surface area contributed by atoms with Crippen LogP contribution in [0.3, 0.4) is 0 Å². The fraction of sp³-hybridized carbons (Fsp3) is 0.300. The predicted molar refractivity (Wildman–Crippen MR) is 66.7 cm³/mol. The zero-order valence-corrected chi connectivity index (χ0v) is 11.3. The van der Waals surface area contributed by atoms with Crippen LogP contribution in [-0.4, -0.2) is 26.2 Å². The minimum Gasteiger partial charge on any atom is -0.458 e. The van der Waals surface area contributed by atoms with Crippen molar-refractivity contribution in [2.45, 2.75) is 13.0 Å². The molecule has 0 rings (SSSR count). The van der Waals surface area contributed by atoms with Gasteiger partial charge >= 0.3 is 5.97 Å². The number of rotatable bonds is 6. The molecule has 0 spiro atoms. The van der Waals surface area contributed by atoms with Gasteiger partial charge in [0.15, 0.2) is 9.84 Å². The molecule has 6 heteroatoms. The van der Waals surface area contributed by atoms with E-state index in [2.05, 4.69) is 29.1 Å². The summed E-state index contributed by atoms with van der Waals surface area (Å²) in [5.74, 6) is -0.945. The van der Waals surface area contributed by atoms with Gasteiger partial charge in [-0.2, -0.15) is 0 Å². The van der Waals surface area contributed by atoms with Gasteiger partial charge < -0.3 is 4.74 Å². The van der Waals surface area contributed by atoms with E-state index in [1.54, 1.807) is 0 Å². The van der Waals surface area contributed by atoms with Crippen molar-refractivity contribution in [2.24, 2.45) is 0 Å². The highest BCUT2D eigenvalue weighted by molar-refractivity contribution is 9.12. The summed E-state index contributed by atoms with van der Waals surface area (Å²) in [6.07, 6.45) is 1.93. The summed E-state index contributed by atoms with van der Waals surface area (Å²) in [6, 6.07) is 0. The van der Waals surface area contributed by atoms with Crippen LogP contribution in [0.4, 0.5) is 0 Å². The second kappa shape index (κ2) is 6.65. The van der Waals surface area contributed by atoms with Gasteiger partial charge in [-0.1, -0.05) is 25.3 Å². The molecule has 0 radical (unpaired) electrons. The Labute approximate surface area is 104 Å². The van der Waals surface area contributed by atoms with Crippen molar-refractivity contribution in [1.29, 1.82) is 0 Å². The van der Waals surface area contributed by atoms with Crippen LogP contribution in [0.15, 0.2) is 35.2 Å². The van der Waals surface area contributed by atoms with Crippen molar-refractivity contribution < 1.29 is 17.9 Å². The van der Waals surface area contributed by atoms with Gasteiger partial charge in [-0.25, -0.2) is 13.2 Å². The molecule has 0 aromatic heterocycles. The molecule has 1 atom stereocenters. The summed E-state index contributed by atoms with van der Waals surface area (Å²) in [7, 11) is -3.39. The van der Waals surface area contributed by atoms with Crippen molar-refractivity contribution >= 4 is 31.7 Å². The number of carbonyl (C=O) groups excluding carboxylic acids is 1. The fourth-order valence-electron chi connectivity index (χ4n) is 0.839. The number of carbonyl (C=O) groups is 1. The lowest BCUT2D eigenvalue weighted by atomic mass is 10.5. The van der Waals surface area contributed by atoms with Gasteiger partial charge in [0.2, 0.25) is 0 Å². The Hall–Kier alpha value is -0.880. The molecule has 0 bridgehead atoms. The number of halogens is 1. The summed E-state index contributed by atoms with van der Waals surface area (Å²) in [5.41, 5.74) is 0. The molecular weight excluding hydrogens is 296 g/mol. The van der Waals surface area contributed by atoms with E-state index in [-0.39, 0.29) is 10.2 Å². The number of hydrogen-bond acceptors (Lipinski definition) is 4. The lowest BCUT2D eigenvalue weighted by Crippen LogP contribution is -2.22. The van der Waals surface area contributed by atoms with Crippen LogP contribution in [-0.2, 0) is 19.4 Å². The van der Waals surface area contributed by atoms with E-state index >= 15 is 0 Å². The quantitative estimate of drug-likeness (QED) is 0.427. The summed E-state index contributed by atoms with van der Waals surface area (Å²) < 4.78 is 27.6. The smallest absolute Gasteiger partial charge is 0.344 e. The molecule has 0 aromatic rings. The minimum atomic E-state index is -3.39. The Balaban J connectivity index is 4.40. The van der Waals surface area contributed by atoms with Crippen LogP contribution >= 0.6 is 15.9 Å². The first-order valence-electron chi connectivity index (χ1n) is 4.35. The first kappa shape index (κ1) is 15.1. The zero-order valence-electron chi connectivity index (χ0n) is 8.85. The van der Waals surface area contributed by atoms with Crippen molar-refractivity contribution in [3.05, 3.63) is 35.2 Å². The molecule has 90 valence electrons. The normalized spacial score (nSPS) is 13.4. The summed E-state index contributed by atoms with van der Waals surface area (Å²) in [4.78, 5) is 11.1. The van der Waals surface area contributed by atoms with E-state index in [1.165, 1.54) is 19.1 Å². The Morgan fingerprint density at radius 1 is 1.56 bits per heavy atom. The molecule has 0 aliphatic heterocycles. The van der Waals surface area contributed by atoms with Gasteiger partial charge in [-0.3, -0.25) is 0 Å². The summed E-state index contributed by atoms with van der Waals surface area (Å²) in [6.45, 7) is 8.17. The molecular formula is C10H13BrO4S. The Bertz CT molecular complexity index is 409. The average molecular weight is 309 g/mol. The minimum absolute atomic E-state index is 0.0541. The SMILES string of the molecule is C=C/C=C/S(=O)(=O)CC(C)OC(=O)C(=C)Br. The van der Waals surface area contributed by atoms with Gasteiger partial charge in [0.05, 0.1) is 10.2 Å². The Morgan fingerprint density at radius 2 is 2.12 bits per heavy atom. The molecule has 16 heavy (non-hydrogen) atoms. The molecule has 0 aromatic carbocycles. The number of ether oxygens (including phenoxy) is 1. The molecule has 0 N–H and O–H groups in total. The van der Waals surface area contributed by atoms with Crippen LogP contribution < -0.4 is 0 Å². The van der Waals surface area contributed by atoms with Crippen LogP contribution in [0.2, 0.25) is 0 Å². The molecule has 0 aliphatic rings. The molecule has 0 saturated heterocycles. The molecule has 0 aliphatic carbocycles. The predicted octanol–water partition coefficient (Wildman–Crippen LogP) is 1.94. The van der Waals surface area contributed by atoms with Gasteiger partial charge in [0, 0.05) is 5.41 Å². The van der Waals surface area contributed by atoms with Crippen LogP contribution in [0, 0.1) is 0 Å². The lowest BCUT2D eigenvalue weighted by Gasteiger charge is -2.11. The number of esters is 1. The maximum absolute atomic E-state index is 11.4. The molecule has 4 nitrogen and oxygen atoms in total. The first-order chi connectivity index (χ1) is 7.28. The second-order valence-corrected chi connectivity index (χ2v) is 5.90.